The Kier molecular flexibility index (Phi) is 13.1. The molecule has 0 aromatic heterocycles. The summed E-state index contributed by atoms with van der Waals surface area (Å²) >= 11 is 0. The Morgan fingerprint density at radius 2 is 1.00 bits per heavy atom. The summed E-state index contributed by atoms with van der Waals surface area (Å²) in [7, 11) is 0. The van der Waals surface area contributed by atoms with Crippen LogP contribution in [0, 0.1) is 35.5 Å². The van der Waals surface area contributed by atoms with Crippen LogP contribution in [0.3, 0.4) is 0 Å². The van der Waals surface area contributed by atoms with Crippen LogP contribution in [0.25, 0.3) is 0 Å². The van der Waals surface area contributed by atoms with Crippen LogP contribution in [0.1, 0.15) is 155 Å². The van der Waals surface area contributed by atoms with Crippen molar-refractivity contribution in [1.29, 1.82) is 0 Å². The van der Waals surface area contributed by atoms with E-state index < -0.39 is 0 Å². The molecule has 0 aromatic rings. The van der Waals surface area contributed by atoms with Crippen LogP contribution in [0.15, 0.2) is 23.3 Å². The molecule has 212 valence electrons. The highest BCUT2D eigenvalue weighted by Gasteiger charge is 2.29. The summed E-state index contributed by atoms with van der Waals surface area (Å²) in [5.74, 6) is 6.11. The molecule has 0 spiro atoms. The van der Waals surface area contributed by atoms with E-state index in [1.807, 2.05) is 0 Å². The van der Waals surface area contributed by atoms with Crippen molar-refractivity contribution >= 4 is 0 Å². The standard InChI is InChI=1S/C36H62O/c1-3-5-7-29-9-17-33(18-10-29)35-21-13-31(14-22-35)25-27-37-28-26-32-15-23-36(24-16-32)34-19-11-30(12-20-34)8-6-4-2/h13,15,29-30,33-36H,3-12,14,16-28H2,1-2H3. The minimum absolute atomic E-state index is 0.941. The first-order valence-electron chi connectivity index (χ1n) is 17.2. The Bertz CT molecular complexity index is 615. The molecule has 37 heavy (non-hydrogen) atoms. The molecule has 2 unspecified atom stereocenters. The molecule has 2 atom stereocenters. The van der Waals surface area contributed by atoms with E-state index in [1.165, 1.54) is 141 Å². The fourth-order valence-electron chi connectivity index (χ4n) is 8.52. The minimum atomic E-state index is 0.941. The average Bonchev–Trinajstić information content (AvgIpc) is 2.96. The molecule has 0 aliphatic heterocycles. The van der Waals surface area contributed by atoms with Crippen LogP contribution in [-0.2, 0) is 4.74 Å². The van der Waals surface area contributed by atoms with Gasteiger partial charge in [0.25, 0.3) is 0 Å². The first-order valence-corrected chi connectivity index (χ1v) is 17.2. The minimum Gasteiger partial charge on any atom is -0.381 e. The predicted octanol–water partition coefficient (Wildman–Crippen LogP) is 11.2. The fraction of sp³-hybridized carbons (Fsp3) is 0.889. The molecule has 4 rings (SSSR count). The first kappa shape index (κ1) is 29.4. The number of hydrogen-bond acceptors (Lipinski definition) is 1. The second-order valence-corrected chi connectivity index (χ2v) is 13.8. The molecule has 0 aromatic carbocycles. The molecule has 1 nitrogen and oxygen atoms in total. The summed E-state index contributed by atoms with van der Waals surface area (Å²) in [4.78, 5) is 0. The highest BCUT2D eigenvalue weighted by molar-refractivity contribution is 5.08. The third-order valence-electron chi connectivity index (χ3n) is 11.3. The number of rotatable bonds is 14. The van der Waals surface area contributed by atoms with Crippen LogP contribution in [0.4, 0.5) is 0 Å². The van der Waals surface area contributed by atoms with Gasteiger partial charge >= 0.3 is 0 Å². The van der Waals surface area contributed by atoms with Crippen molar-refractivity contribution in [1.82, 2.24) is 0 Å². The van der Waals surface area contributed by atoms with Crippen LogP contribution in [-0.4, -0.2) is 13.2 Å². The van der Waals surface area contributed by atoms with Gasteiger partial charge in [0, 0.05) is 0 Å². The Hall–Kier alpha value is -0.560. The number of allylic oxidation sites excluding steroid dienone is 2. The van der Waals surface area contributed by atoms with Crippen molar-refractivity contribution < 1.29 is 4.74 Å². The third-order valence-corrected chi connectivity index (χ3v) is 11.3. The molecule has 0 N–H and O–H groups in total. The molecule has 0 radical (unpaired) electrons. The van der Waals surface area contributed by atoms with Gasteiger partial charge in [0.1, 0.15) is 0 Å². The molecule has 2 saturated carbocycles. The van der Waals surface area contributed by atoms with E-state index in [0.717, 1.165) is 48.7 Å². The lowest BCUT2D eigenvalue weighted by Crippen LogP contribution is -2.23. The Balaban J connectivity index is 1.03. The molecule has 4 aliphatic carbocycles. The van der Waals surface area contributed by atoms with E-state index in [0.29, 0.717) is 0 Å². The van der Waals surface area contributed by atoms with Gasteiger partial charge in [0.05, 0.1) is 13.2 Å². The molecule has 0 amide bonds. The van der Waals surface area contributed by atoms with Gasteiger partial charge in [0.2, 0.25) is 0 Å². The zero-order chi connectivity index (χ0) is 25.7. The Morgan fingerprint density at radius 1 is 0.568 bits per heavy atom. The molecule has 2 fully saturated rings. The molecule has 0 saturated heterocycles. The predicted molar refractivity (Wildman–Crippen MR) is 161 cm³/mol. The first-order chi connectivity index (χ1) is 18.2. The smallest absolute Gasteiger partial charge is 0.0503 e. The van der Waals surface area contributed by atoms with E-state index in [1.54, 1.807) is 11.1 Å². The van der Waals surface area contributed by atoms with E-state index in [2.05, 4.69) is 26.0 Å². The number of ether oxygens (including phenoxy) is 1. The van der Waals surface area contributed by atoms with Gasteiger partial charge in [-0.05, 0) is 113 Å². The van der Waals surface area contributed by atoms with Crippen LogP contribution in [0.2, 0.25) is 0 Å². The van der Waals surface area contributed by atoms with Crippen molar-refractivity contribution in [3.63, 3.8) is 0 Å². The highest BCUT2D eigenvalue weighted by Crippen LogP contribution is 2.42. The maximum atomic E-state index is 6.13. The maximum absolute atomic E-state index is 6.13. The van der Waals surface area contributed by atoms with Gasteiger partial charge in [-0.1, -0.05) is 101 Å². The van der Waals surface area contributed by atoms with Crippen molar-refractivity contribution in [2.45, 2.75) is 155 Å². The van der Waals surface area contributed by atoms with Crippen molar-refractivity contribution in [2.75, 3.05) is 13.2 Å². The molecule has 4 aliphatic rings. The van der Waals surface area contributed by atoms with Crippen molar-refractivity contribution in [3.8, 4) is 0 Å². The van der Waals surface area contributed by atoms with Crippen molar-refractivity contribution in [3.05, 3.63) is 23.3 Å². The largest absolute Gasteiger partial charge is 0.381 e. The van der Waals surface area contributed by atoms with Crippen LogP contribution in [0.5, 0.6) is 0 Å². The summed E-state index contributed by atoms with van der Waals surface area (Å²) in [5, 5.41) is 0. The number of unbranched alkanes of at least 4 members (excludes halogenated alkanes) is 2. The third kappa shape index (κ3) is 9.85. The summed E-state index contributed by atoms with van der Waals surface area (Å²) in [5.41, 5.74) is 3.38. The van der Waals surface area contributed by atoms with Crippen molar-refractivity contribution in [2.24, 2.45) is 35.5 Å². The lowest BCUT2D eigenvalue weighted by atomic mass is 9.70. The monoisotopic (exact) mass is 510 g/mol. The van der Waals surface area contributed by atoms with E-state index >= 15 is 0 Å². The van der Waals surface area contributed by atoms with Gasteiger partial charge < -0.3 is 4.74 Å². The summed E-state index contributed by atoms with van der Waals surface area (Å²) in [6.45, 7) is 6.56. The highest BCUT2D eigenvalue weighted by atomic mass is 16.5. The Morgan fingerprint density at radius 3 is 1.35 bits per heavy atom. The fourth-order valence-corrected chi connectivity index (χ4v) is 8.52. The lowest BCUT2D eigenvalue weighted by Gasteiger charge is -2.35. The lowest BCUT2D eigenvalue weighted by molar-refractivity contribution is 0.135. The molecule has 0 bridgehead atoms. The number of hydrogen-bond donors (Lipinski definition) is 0. The quantitative estimate of drug-likeness (QED) is 0.167. The maximum Gasteiger partial charge on any atom is 0.0503 e. The van der Waals surface area contributed by atoms with Gasteiger partial charge in [-0.15, -0.1) is 0 Å². The second-order valence-electron chi connectivity index (χ2n) is 13.8. The molecule has 0 heterocycles. The summed E-state index contributed by atoms with van der Waals surface area (Å²) in [6, 6.07) is 0. The van der Waals surface area contributed by atoms with E-state index in [4.69, 9.17) is 4.74 Å². The zero-order valence-corrected chi connectivity index (χ0v) is 25.0. The van der Waals surface area contributed by atoms with Gasteiger partial charge in [-0.2, -0.15) is 0 Å². The Labute approximate surface area is 231 Å². The summed E-state index contributed by atoms with van der Waals surface area (Å²) < 4.78 is 6.13. The normalized spacial score (nSPS) is 33.1. The van der Waals surface area contributed by atoms with Crippen LogP contribution < -0.4 is 0 Å². The second kappa shape index (κ2) is 16.5. The molecular weight excluding hydrogens is 448 g/mol. The van der Waals surface area contributed by atoms with E-state index in [-0.39, 0.29) is 0 Å². The average molecular weight is 511 g/mol. The molecular formula is C36H62O. The van der Waals surface area contributed by atoms with Gasteiger partial charge in [-0.25, -0.2) is 0 Å². The zero-order valence-electron chi connectivity index (χ0n) is 25.0. The summed E-state index contributed by atoms with van der Waals surface area (Å²) in [6.07, 6.45) is 36.6. The van der Waals surface area contributed by atoms with Gasteiger partial charge in [0.15, 0.2) is 0 Å². The van der Waals surface area contributed by atoms with E-state index in [9.17, 15) is 0 Å². The SMILES string of the molecule is CCCCC1CCC(C2CC=C(CCOCCC3=CCC(C4CCC(CCCC)CC4)CC3)CC2)CC1. The molecule has 1 heteroatoms. The topological polar surface area (TPSA) is 9.23 Å². The van der Waals surface area contributed by atoms with Crippen LogP contribution >= 0.6 is 0 Å². The van der Waals surface area contributed by atoms with Gasteiger partial charge in [-0.3, -0.25) is 0 Å².